The van der Waals surface area contributed by atoms with Crippen molar-refractivity contribution in [2.75, 3.05) is 19.0 Å². The van der Waals surface area contributed by atoms with Gasteiger partial charge in [0.25, 0.3) is 5.91 Å². The number of nitrogens with one attached hydrogen (secondary N) is 1. The summed E-state index contributed by atoms with van der Waals surface area (Å²) < 4.78 is 16.5. The molecular formula is C19H20BrNO5. The molecule has 6 nitrogen and oxygen atoms in total. The maximum Gasteiger partial charge on any atom is 0.347 e. The fourth-order valence-corrected chi connectivity index (χ4v) is 2.59. The minimum Gasteiger partial charge on any atom is -0.497 e. The number of anilines is 1. The minimum absolute atomic E-state index is 0.384. The molecule has 0 spiro atoms. The third kappa shape index (κ3) is 5.77. The highest BCUT2D eigenvalue weighted by atomic mass is 79.9. The highest BCUT2D eigenvalue weighted by Gasteiger charge is 2.18. The van der Waals surface area contributed by atoms with E-state index < -0.39 is 18.0 Å². The first-order valence-electron chi connectivity index (χ1n) is 7.92. The van der Waals surface area contributed by atoms with Crippen molar-refractivity contribution in [3.8, 4) is 11.5 Å². The fraction of sp³-hybridized carbons (Fsp3) is 0.263. The molecule has 2 rings (SSSR count). The van der Waals surface area contributed by atoms with Crippen LogP contribution in [-0.2, 0) is 14.3 Å². The second kappa shape index (κ2) is 9.24. The minimum atomic E-state index is -0.842. The van der Waals surface area contributed by atoms with Gasteiger partial charge in [-0.15, -0.1) is 0 Å². The molecule has 1 amide bonds. The smallest absolute Gasteiger partial charge is 0.347 e. The van der Waals surface area contributed by atoms with Gasteiger partial charge in [0.2, 0.25) is 0 Å². The van der Waals surface area contributed by atoms with E-state index in [1.807, 2.05) is 19.1 Å². The number of esters is 1. The highest BCUT2D eigenvalue weighted by molar-refractivity contribution is 9.10. The van der Waals surface area contributed by atoms with E-state index in [-0.39, 0.29) is 6.61 Å². The van der Waals surface area contributed by atoms with Gasteiger partial charge in [-0.3, -0.25) is 4.79 Å². The Morgan fingerprint density at radius 1 is 1.12 bits per heavy atom. The molecule has 1 atom stereocenters. The lowest BCUT2D eigenvalue weighted by Crippen LogP contribution is -2.29. The van der Waals surface area contributed by atoms with Crippen molar-refractivity contribution < 1.29 is 23.8 Å². The van der Waals surface area contributed by atoms with Crippen LogP contribution >= 0.6 is 15.9 Å². The molecule has 0 heterocycles. The zero-order valence-electron chi connectivity index (χ0n) is 14.7. The molecule has 0 saturated heterocycles. The highest BCUT2D eigenvalue weighted by Crippen LogP contribution is 2.20. The number of ether oxygens (including phenoxy) is 3. The van der Waals surface area contributed by atoms with Crippen LogP contribution in [0.25, 0.3) is 0 Å². The Kier molecular flexibility index (Phi) is 7.03. The number of hydrogen-bond acceptors (Lipinski definition) is 5. The summed E-state index contributed by atoms with van der Waals surface area (Å²) in [6, 6.07) is 12.3. The third-order valence-electron chi connectivity index (χ3n) is 3.51. The van der Waals surface area contributed by atoms with Crippen LogP contribution < -0.4 is 14.8 Å². The zero-order chi connectivity index (χ0) is 19.1. The first kappa shape index (κ1) is 19.8. The van der Waals surface area contributed by atoms with Crippen molar-refractivity contribution in [3.63, 3.8) is 0 Å². The molecule has 7 heteroatoms. The van der Waals surface area contributed by atoms with Gasteiger partial charge in [-0.05, 0) is 61.9 Å². The van der Waals surface area contributed by atoms with E-state index in [0.717, 1.165) is 10.0 Å². The standard InChI is InChI=1S/C19H20BrNO5/c1-12-10-14(20)4-9-17(12)21-18(22)11-25-19(23)13(2)26-16-7-5-15(24-3)6-8-16/h4-10,13H,11H2,1-3H3,(H,21,22). The van der Waals surface area contributed by atoms with Crippen molar-refractivity contribution >= 4 is 33.5 Å². The summed E-state index contributed by atoms with van der Waals surface area (Å²) in [6.07, 6.45) is -0.842. The van der Waals surface area contributed by atoms with Crippen LogP contribution in [0.15, 0.2) is 46.9 Å². The number of hydrogen-bond donors (Lipinski definition) is 1. The van der Waals surface area contributed by atoms with E-state index in [9.17, 15) is 9.59 Å². The zero-order valence-corrected chi connectivity index (χ0v) is 16.3. The Labute approximate surface area is 160 Å². The number of benzene rings is 2. The Morgan fingerprint density at radius 3 is 2.38 bits per heavy atom. The van der Waals surface area contributed by atoms with Gasteiger partial charge in [0.1, 0.15) is 11.5 Å². The molecule has 2 aromatic carbocycles. The monoisotopic (exact) mass is 421 g/mol. The molecule has 0 aliphatic carbocycles. The van der Waals surface area contributed by atoms with Crippen LogP contribution in [-0.4, -0.2) is 31.7 Å². The first-order valence-corrected chi connectivity index (χ1v) is 8.71. The molecule has 0 bridgehead atoms. The number of aryl methyl sites for hydroxylation is 1. The molecule has 138 valence electrons. The van der Waals surface area contributed by atoms with Gasteiger partial charge in [-0.1, -0.05) is 15.9 Å². The van der Waals surface area contributed by atoms with E-state index in [1.54, 1.807) is 44.4 Å². The number of carbonyl (C=O) groups excluding carboxylic acids is 2. The van der Waals surface area contributed by atoms with Gasteiger partial charge in [-0.2, -0.15) is 0 Å². The molecule has 0 aromatic heterocycles. The van der Waals surface area contributed by atoms with Crippen LogP contribution in [0.5, 0.6) is 11.5 Å². The summed E-state index contributed by atoms with van der Waals surface area (Å²) in [7, 11) is 1.57. The van der Waals surface area contributed by atoms with Gasteiger partial charge in [-0.25, -0.2) is 4.79 Å². The van der Waals surface area contributed by atoms with Crippen LogP contribution in [0.1, 0.15) is 12.5 Å². The second-order valence-electron chi connectivity index (χ2n) is 5.55. The fourth-order valence-electron chi connectivity index (χ4n) is 2.11. The van der Waals surface area contributed by atoms with E-state index in [0.29, 0.717) is 17.2 Å². The van der Waals surface area contributed by atoms with Crippen molar-refractivity contribution in [2.24, 2.45) is 0 Å². The van der Waals surface area contributed by atoms with Gasteiger partial charge < -0.3 is 19.5 Å². The van der Waals surface area contributed by atoms with E-state index >= 15 is 0 Å². The molecule has 0 fully saturated rings. The van der Waals surface area contributed by atoms with Crippen LogP contribution in [0.2, 0.25) is 0 Å². The topological polar surface area (TPSA) is 73.9 Å². The van der Waals surface area contributed by atoms with Gasteiger partial charge >= 0.3 is 5.97 Å². The molecule has 0 saturated carbocycles. The molecular weight excluding hydrogens is 402 g/mol. The number of carbonyl (C=O) groups is 2. The number of methoxy groups -OCH3 is 1. The van der Waals surface area contributed by atoms with Crippen molar-refractivity contribution in [1.29, 1.82) is 0 Å². The summed E-state index contributed by atoms with van der Waals surface area (Å²) in [5.41, 5.74) is 1.56. The van der Waals surface area contributed by atoms with E-state index in [4.69, 9.17) is 14.2 Å². The predicted octanol–water partition coefficient (Wildman–Crippen LogP) is 3.72. The van der Waals surface area contributed by atoms with Crippen LogP contribution in [0.4, 0.5) is 5.69 Å². The summed E-state index contributed by atoms with van der Waals surface area (Å²) in [5.74, 6) is 0.154. The average Bonchev–Trinajstić information content (AvgIpc) is 2.62. The molecule has 0 aliphatic rings. The van der Waals surface area contributed by atoms with E-state index in [2.05, 4.69) is 21.2 Å². The van der Waals surface area contributed by atoms with Crippen molar-refractivity contribution in [1.82, 2.24) is 0 Å². The van der Waals surface area contributed by atoms with Gasteiger partial charge in [0.15, 0.2) is 12.7 Å². The summed E-state index contributed by atoms with van der Waals surface area (Å²) in [5, 5.41) is 2.70. The van der Waals surface area contributed by atoms with Crippen LogP contribution in [0, 0.1) is 6.92 Å². The SMILES string of the molecule is COc1ccc(OC(C)C(=O)OCC(=O)Nc2ccc(Br)cc2C)cc1. The van der Waals surface area contributed by atoms with Gasteiger partial charge in [0.05, 0.1) is 7.11 Å². The van der Waals surface area contributed by atoms with Crippen molar-refractivity contribution in [2.45, 2.75) is 20.0 Å². The third-order valence-corrected chi connectivity index (χ3v) is 4.01. The predicted molar refractivity (Wildman–Crippen MR) is 102 cm³/mol. The average molecular weight is 422 g/mol. The Morgan fingerprint density at radius 2 is 1.77 bits per heavy atom. The number of halogens is 1. The van der Waals surface area contributed by atoms with Gasteiger partial charge in [0, 0.05) is 10.2 Å². The maximum atomic E-state index is 12.0. The summed E-state index contributed by atoms with van der Waals surface area (Å²) >= 11 is 3.36. The molecule has 1 unspecified atom stereocenters. The lowest BCUT2D eigenvalue weighted by atomic mass is 10.2. The number of amides is 1. The maximum absolute atomic E-state index is 12.0. The molecule has 0 radical (unpaired) electrons. The molecule has 26 heavy (non-hydrogen) atoms. The summed E-state index contributed by atoms with van der Waals surface area (Å²) in [6.45, 7) is 3.05. The lowest BCUT2D eigenvalue weighted by Gasteiger charge is -2.14. The lowest BCUT2D eigenvalue weighted by molar-refractivity contribution is -0.153. The Balaban J connectivity index is 1.81. The Bertz CT molecular complexity index is 776. The normalized spacial score (nSPS) is 11.4. The first-order chi connectivity index (χ1) is 12.4. The van der Waals surface area contributed by atoms with Crippen LogP contribution in [0.3, 0.4) is 0 Å². The molecule has 2 aromatic rings. The largest absolute Gasteiger partial charge is 0.497 e. The Hall–Kier alpha value is -2.54. The van der Waals surface area contributed by atoms with Crippen molar-refractivity contribution in [3.05, 3.63) is 52.5 Å². The summed E-state index contributed by atoms with van der Waals surface area (Å²) in [4.78, 5) is 23.9. The molecule has 0 aliphatic heterocycles. The molecule has 1 N–H and O–H groups in total. The second-order valence-corrected chi connectivity index (χ2v) is 6.47. The quantitative estimate of drug-likeness (QED) is 0.689. The van der Waals surface area contributed by atoms with E-state index in [1.165, 1.54) is 0 Å². The number of rotatable bonds is 7.